The van der Waals surface area contributed by atoms with E-state index in [0.717, 1.165) is 19.5 Å². The number of carbonyl (C=O) groups excluding carboxylic acids is 1. The number of nitrogens with zero attached hydrogens (tertiary/aromatic N) is 1. The molecule has 0 aromatic carbocycles. The van der Waals surface area contributed by atoms with Crippen LogP contribution in [-0.4, -0.2) is 44.5 Å². The first-order chi connectivity index (χ1) is 6.69. The topological polar surface area (TPSA) is 58.4 Å². The Morgan fingerprint density at radius 3 is 2.93 bits per heavy atom. The van der Waals surface area contributed by atoms with Crippen LogP contribution in [0.1, 0.15) is 12.8 Å². The summed E-state index contributed by atoms with van der Waals surface area (Å²) in [4.78, 5) is 13.8. The maximum atomic E-state index is 11.5. The predicted molar refractivity (Wildman–Crippen MR) is 56.8 cm³/mol. The average molecular weight is 199 g/mol. The minimum atomic E-state index is -0.0113. The summed E-state index contributed by atoms with van der Waals surface area (Å²) in [5.41, 5.74) is 5.65. The lowest BCUT2D eigenvalue weighted by Gasteiger charge is -2.33. The van der Waals surface area contributed by atoms with Gasteiger partial charge in [0.1, 0.15) is 0 Å². The second-order valence-electron chi connectivity index (χ2n) is 4.12. The van der Waals surface area contributed by atoms with Crippen LogP contribution in [-0.2, 0) is 4.79 Å². The van der Waals surface area contributed by atoms with Gasteiger partial charge >= 0.3 is 0 Å². The zero-order chi connectivity index (χ0) is 10.6. The Morgan fingerprint density at radius 1 is 1.71 bits per heavy atom. The Bertz CT molecular complexity index is 196. The monoisotopic (exact) mass is 199 g/mol. The molecule has 3 N–H and O–H groups in total. The highest BCUT2D eigenvalue weighted by Gasteiger charge is 2.29. The van der Waals surface area contributed by atoms with Gasteiger partial charge in [-0.25, -0.2) is 0 Å². The van der Waals surface area contributed by atoms with E-state index in [4.69, 9.17) is 5.73 Å². The normalized spacial score (nSPS) is 25.8. The zero-order valence-electron chi connectivity index (χ0n) is 9.12. The molecule has 82 valence electrons. The van der Waals surface area contributed by atoms with Gasteiger partial charge in [0.05, 0.1) is 5.92 Å². The first-order valence-electron chi connectivity index (χ1n) is 5.29. The molecule has 1 heterocycles. The smallest absolute Gasteiger partial charge is 0.224 e. The van der Waals surface area contributed by atoms with E-state index in [9.17, 15) is 4.79 Å². The van der Waals surface area contributed by atoms with Crippen molar-refractivity contribution in [3.63, 3.8) is 0 Å². The van der Waals surface area contributed by atoms with Crippen molar-refractivity contribution in [2.24, 2.45) is 17.6 Å². The molecule has 0 aliphatic carbocycles. The van der Waals surface area contributed by atoms with E-state index in [2.05, 4.69) is 17.3 Å². The van der Waals surface area contributed by atoms with Crippen LogP contribution in [0.2, 0.25) is 0 Å². The van der Waals surface area contributed by atoms with Gasteiger partial charge in [-0.3, -0.25) is 4.79 Å². The molecular formula is C10H21N3O. The molecule has 0 aromatic rings. The maximum Gasteiger partial charge on any atom is 0.224 e. The Kier molecular flexibility index (Phi) is 4.35. The number of rotatable bonds is 3. The second-order valence-corrected chi connectivity index (χ2v) is 4.12. The largest absolute Gasteiger partial charge is 0.359 e. The summed E-state index contributed by atoms with van der Waals surface area (Å²) in [6.07, 6.45) is 2.30. The molecule has 2 atom stereocenters. The van der Waals surface area contributed by atoms with Gasteiger partial charge < -0.3 is 16.0 Å². The van der Waals surface area contributed by atoms with Gasteiger partial charge in [-0.2, -0.15) is 0 Å². The summed E-state index contributed by atoms with van der Waals surface area (Å²) >= 11 is 0. The molecule has 1 aliphatic rings. The van der Waals surface area contributed by atoms with Crippen LogP contribution in [0.3, 0.4) is 0 Å². The molecule has 14 heavy (non-hydrogen) atoms. The third-order valence-corrected chi connectivity index (χ3v) is 3.07. The maximum absolute atomic E-state index is 11.5. The molecule has 1 rings (SSSR count). The van der Waals surface area contributed by atoms with Gasteiger partial charge in [-0.1, -0.05) is 0 Å². The molecule has 1 fully saturated rings. The number of piperidine rings is 1. The van der Waals surface area contributed by atoms with E-state index in [0.29, 0.717) is 12.5 Å². The van der Waals surface area contributed by atoms with Crippen LogP contribution >= 0.6 is 0 Å². The van der Waals surface area contributed by atoms with Crippen LogP contribution in [0.15, 0.2) is 0 Å². The van der Waals surface area contributed by atoms with Gasteiger partial charge in [-0.05, 0) is 32.4 Å². The van der Waals surface area contributed by atoms with Crippen molar-refractivity contribution in [1.29, 1.82) is 0 Å². The highest BCUT2D eigenvalue weighted by atomic mass is 16.1. The molecule has 0 unspecified atom stereocenters. The minimum Gasteiger partial charge on any atom is -0.359 e. The quantitative estimate of drug-likeness (QED) is 0.653. The summed E-state index contributed by atoms with van der Waals surface area (Å²) in [7, 11) is 3.78. The molecule has 0 saturated carbocycles. The summed E-state index contributed by atoms with van der Waals surface area (Å²) in [6.45, 7) is 2.59. The SMILES string of the molecule is CNC(=O)[C@@H](CN)[C@@H]1CCCN(C)C1. The van der Waals surface area contributed by atoms with E-state index in [1.165, 1.54) is 6.42 Å². The van der Waals surface area contributed by atoms with Crippen molar-refractivity contribution in [3.05, 3.63) is 0 Å². The van der Waals surface area contributed by atoms with Crippen LogP contribution in [0.4, 0.5) is 0 Å². The third-order valence-electron chi connectivity index (χ3n) is 3.07. The fourth-order valence-electron chi connectivity index (χ4n) is 2.23. The minimum absolute atomic E-state index is 0.0113. The van der Waals surface area contributed by atoms with Gasteiger partial charge in [0.25, 0.3) is 0 Å². The number of amides is 1. The van der Waals surface area contributed by atoms with Gasteiger partial charge in [-0.15, -0.1) is 0 Å². The molecule has 0 aromatic heterocycles. The van der Waals surface area contributed by atoms with Gasteiger partial charge in [0.2, 0.25) is 5.91 Å². The summed E-state index contributed by atoms with van der Waals surface area (Å²) < 4.78 is 0. The highest BCUT2D eigenvalue weighted by molar-refractivity contribution is 5.78. The summed E-state index contributed by atoms with van der Waals surface area (Å²) in [5, 5.41) is 2.69. The van der Waals surface area contributed by atoms with E-state index in [-0.39, 0.29) is 11.8 Å². The Morgan fingerprint density at radius 2 is 2.43 bits per heavy atom. The van der Waals surface area contributed by atoms with Crippen molar-refractivity contribution in [2.75, 3.05) is 33.7 Å². The molecule has 4 nitrogen and oxygen atoms in total. The van der Waals surface area contributed by atoms with Gasteiger partial charge in [0, 0.05) is 20.1 Å². The van der Waals surface area contributed by atoms with Crippen molar-refractivity contribution in [1.82, 2.24) is 10.2 Å². The summed E-state index contributed by atoms with van der Waals surface area (Å²) in [6, 6.07) is 0. The number of nitrogens with one attached hydrogen (secondary N) is 1. The fourth-order valence-corrected chi connectivity index (χ4v) is 2.23. The highest BCUT2D eigenvalue weighted by Crippen LogP contribution is 2.22. The number of nitrogens with two attached hydrogens (primary N) is 1. The van der Waals surface area contributed by atoms with E-state index >= 15 is 0 Å². The standard InChI is InChI=1S/C10H21N3O/c1-12-10(14)9(6-11)8-4-3-5-13(2)7-8/h8-9H,3-7,11H2,1-2H3,(H,12,14)/t8-,9+/m1/s1. The van der Waals surface area contributed by atoms with Crippen molar-refractivity contribution in [2.45, 2.75) is 12.8 Å². The van der Waals surface area contributed by atoms with Crippen LogP contribution in [0.25, 0.3) is 0 Å². The second kappa shape index (κ2) is 5.32. The van der Waals surface area contributed by atoms with Crippen molar-refractivity contribution >= 4 is 5.91 Å². The molecule has 0 radical (unpaired) electrons. The predicted octanol–water partition coefficient (Wildman–Crippen LogP) is -0.351. The number of carbonyl (C=O) groups is 1. The molecule has 1 saturated heterocycles. The Labute approximate surface area is 85.8 Å². The van der Waals surface area contributed by atoms with Crippen LogP contribution in [0.5, 0.6) is 0 Å². The molecule has 1 aliphatic heterocycles. The Balaban J connectivity index is 2.54. The lowest BCUT2D eigenvalue weighted by atomic mass is 9.85. The van der Waals surface area contributed by atoms with Crippen LogP contribution in [0, 0.1) is 11.8 Å². The lowest BCUT2D eigenvalue weighted by Crippen LogP contribution is -2.44. The van der Waals surface area contributed by atoms with Crippen molar-refractivity contribution in [3.8, 4) is 0 Å². The van der Waals surface area contributed by atoms with Crippen LogP contribution < -0.4 is 11.1 Å². The number of hydrogen-bond acceptors (Lipinski definition) is 3. The van der Waals surface area contributed by atoms with E-state index < -0.39 is 0 Å². The van der Waals surface area contributed by atoms with E-state index in [1.807, 2.05) is 0 Å². The molecule has 1 amide bonds. The van der Waals surface area contributed by atoms with Crippen molar-refractivity contribution < 1.29 is 4.79 Å². The molecule has 0 bridgehead atoms. The first kappa shape index (κ1) is 11.5. The number of likely N-dealkylation sites (tertiary alicyclic amines) is 1. The fraction of sp³-hybridized carbons (Fsp3) is 0.900. The third kappa shape index (κ3) is 2.69. The number of hydrogen-bond donors (Lipinski definition) is 2. The molecular weight excluding hydrogens is 178 g/mol. The van der Waals surface area contributed by atoms with Gasteiger partial charge in [0.15, 0.2) is 0 Å². The molecule has 4 heteroatoms. The van der Waals surface area contributed by atoms with E-state index in [1.54, 1.807) is 7.05 Å². The molecule has 0 spiro atoms. The summed E-state index contributed by atoms with van der Waals surface area (Å²) in [5.74, 6) is 0.509. The average Bonchev–Trinajstić information content (AvgIpc) is 2.19. The lowest BCUT2D eigenvalue weighted by molar-refractivity contribution is -0.126. The Hall–Kier alpha value is -0.610. The first-order valence-corrected chi connectivity index (χ1v) is 5.29. The zero-order valence-corrected chi connectivity index (χ0v) is 9.12.